The Bertz CT molecular complexity index is 779. The minimum atomic E-state index is -3.29. The van der Waals surface area contributed by atoms with Crippen molar-refractivity contribution in [3.05, 3.63) is 35.9 Å². The van der Waals surface area contributed by atoms with Gasteiger partial charge in [0.1, 0.15) is 0 Å². The van der Waals surface area contributed by atoms with E-state index in [4.69, 9.17) is 4.74 Å². The van der Waals surface area contributed by atoms with Crippen molar-refractivity contribution in [3.63, 3.8) is 0 Å². The third-order valence-electron chi connectivity index (χ3n) is 6.00. The topological polar surface area (TPSA) is 70.2 Å². The van der Waals surface area contributed by atoms with E-state index in [1.807, 2.05) is 35.2 Å². The zero-order chi connectivity index (χ0) is 19.0. The van der Waals surface area contributed by atoms with Gasteiger partial charge in [0, 0.05) is 38.6 Å². The number of morpholine rings is 1. The summed E-state index contributed by atoms with van der Waals surface area (Å²) in [5.41, 5.74) is 1.01. The number of hydrogen-bond donors (Lipinski definition) is 0. The van der Waals surface area contributed by atoms with Crippen molar-refractivity contribution in [1.29, 1.82) is 0 Å². The summed E-state index contributed by atoms with van der Waals surface area (Å²) in [5.74, 6) is 0.485. The molecule has 3 fully saturated rings. The number of nitrogens with zero attached hydrogens (tertiary/aromatic N) is 3. The van der Waals surface area contributed by atoms with E-state index in [0.29, 0.717) is 39.4 Å². The molecule has 148 valence electrons. The first-order valence-electron chi connectivity index (χ1n) is 9.53. The molecule has 3 saturated heterocycles. The molecule has 0 bridgehead atoms. The average Bonchev–Trinajstić information content (AvgIpc) is 3.21. The van der Waals surface area contributed by atoms with E-state index in [1.165, 1.54) is 6.26 Å². The van der Waals surface area contributed by atoms with Crippen LogP contribution in [0.3, 0.4) is 0 Å². The molecule has 27 heavy (non-hydrogen) atoms. The molecular weight excluding hydrogens is 366 g/mol. The Kier molecular flexibility index (Phi) is 5.24. The molecule has 1 aromatic carbocycles. The normalized spacial score (nSPS) is 29.8. The molecule has 0 aromatic heterocycles. The van der Waals surface area contributed by atoms with E-state index in [9.17, 15) is 13.2 Å². The van der Waals surface area contributed by atoms with E-state index >= 15 is 0 Å². The standard InChI is InChI=1S/C19H27N3O4S/c1-27(24,25)22-12-16-11-21(18(23)14-20-7-9-26-10-8-20)13-17(16)19(22)15-5-3-2-4-6-15/h2-6,16-17,19H,7-14H2,1H3/t16-,17-,19+/m1/s1. The molecule has 0 spiro atoms. The van der Waals surface area contributed by atoms with Crippen LogP contribution in [0.2, 0.25) is 0 Å². The minimum absolute atomic E-state index is 0.143. The highest BCUT2D eigenvalue weighted by Gasteiger charge is 2.51. The van der Waals surface area contributed by atoms with E-state index in [2.05, 4.69) is 4.90 Å². The Morgan fingerprint density at radius 1 is 1.11 bits per heavy atom. The maximum absolute atomic E-state index is 12.8. The first-order chi connectivity index (χ1) is 12.9. The fraction of sp³-hybridized carbons (Fsp3) is 0.632. The number of hydrogen-bond acceptors (Lipinski definition) is 5. The number of amides is 1. The van der Waals surface area contributed by atoms with E-state index in [-0.39, 0.29) is 23.8 Å². The molecule has 0 N–H and O–H groups in total. The molecule has 0 aliphatic carbocycles. The Balaban J connectivity index is 1.49. The lowest BCUT2D eigenvalue weighted by molar-refractivity contribution is -0.132. The molecule has 3 aliphatic rings. The van der Waals surface area contributed by atoms with E-state index in [0.717, 1.165) is 18.7 Å². The molecular formula is C19H27N3O4S. The average molecular weight is 394 g/mol. The molecule has 0 saturated carbocycles. The maximum atomic E-state index is 12.8. The largest absolute Gasteiger partial charge is 0.379 e. The van der Waals surface area contributed by atoms with Gasteiger partial charge in [0.25, 0.3) is 0 Å². The summed E-state index contributed by atoms with van der Waals surface area (Å²) in [4.78, 5) is 16.8. The van der Waals surface area contributed by atoms with Gasteiger partial charge in [-0.2, -0.15) is 4.31 Å². The summed E-state index contributed by atoms with van der Waals surface area (Å²) in [6.07, 6.45) is 1.28. The Morgan fingerprint density at radius 3 is 2.48 bits per heavy atom. The summed E-state index contributed by atoms with van der Waals surface area (Å²) >= 11 is 0. The molecule has 7 nitrogen and oxygen atoms in total. The van der Waals surface area contributed by atoms with Crippen molar-refractivity contribution >= 4 is 15.9 Å². The molecule has 8 heteroatoms. The summed E-state index contributed by atoms with van der Waals surface area (Å²) in [5, 5.41) is 0. The lowest BCUT2D eigenvalue weighted by Crippen LogP contribution is -2.45. The predicted octanol–water partition coefficient (Wildman–Crippen LogP) is 0.410. The van der Waals surface area contributed by atoms with Crippen molar-refractivity contribution in [2.75, 3.05) is 58.7 Å². The summed E-state index contributed by atoms with van der Waals surface area (Å²) in [6.45, 7) is 5.12. The summed E-state index contributed by atoms with van der Waals surface area (Å²) < 4.78 is 31.7. The van der Waals surface area contributed by atoms with Gasteiger partial charge < -0.3 is 9.64 Å². The van der Waals surface area contributed by atoms with Crippen LogP contribution in [0.4, 0.5) is 0 Å². The minimum Gasteiger partial charge on any atom is -0.379 e. The van der Waals surface area contributed by atoms with Gasteiger partial charge in [0.2, 0.25) is 15.9 Å². The third-order valence-corrected chi connectivity index (χ3v) is 7.23. The van der Waals surface area contributed by atoms with Crippen molar-refractivity contribution in [2.24, 2.45) is 11.8 Å². The van der Waals surface area contributed by atoms with Crippen molar-refractivity contribution < 1.29 is 17.9 Å². The van der Waals surface area contributed by atoms with Gasteiger partial charge in [-0.05, 0) is 11.5 Å². The molecule has 3 heterocycles. The third kappa shape index (κ3) is 3.89. The highest BCUT2D eigenvalue weighted by Crippen LogP contribution is 2.46. The van der Waals surface area contributed by atoms with Crippen LogP contribution in [0.15, 0.2) is 30.3 Å². The highest BCUT2D eigenvalue weighted by molar-refractivity contribution is 7.88. The first kappa shape index (κ1) is 18.9. The van der Waals surface area contributed by atoms with Gasteiger partial charge in [0.15, 0.2) is 0 Å². The Morgan fingerprint density at radius 2 is 1.81 bits per heavy atom. The van der Waals surface area contributed by atoms with Crippen molar-refractivity contribution in [1.82, 2.24) is 14.1 Å². The fourth-order valence-corrected chi connectivity index (χ4v) is 5.82. The maximum Gasteiger partial charge on any atom is 0.236 e. The van der Waals surface area contributed by atoms with Crippen LogP contribution in [0.1, 0.15) is 11.6 Å². The second kappa shape index (κ2) is 7.50. The number of rotatable bonds is 4. The van der Waals surface area contributed by atoms with Crippen LogP contribution in [-0.2, 0) is 19.6 Å². The van der Waals surface area contributed by atoms with Crippen LogP contribution >= 0.6 is 0 Å². The highest BCUT2D eigenvalue weighted by atomic mass is 32.2. The number of benzene rings is 1. The molecule has 3 aliphatic heterocycles. The predicted molar refractivity (Wildman–Crippen MR) is 102 cm³/mol. The zero-order valence-corrected chi connectivity index (χ0v) is 16.5. The van der Waals surface area contributed by atoms with Gasteiger partial charge in [-0.1, -0.05) is 30.3 Å². The van der Waals surface area contributed by atoms with Crippen LogP contribution in [0.25, 0.3) is 0 Å². The fourth-order valence-electron chi connectivity index (χ4n) is 4.67. The number of carbonyl (C=O) groups excluding carboxylic acids is 1. The SMILES string of the molecule is CS(=O)(=O)N1C[C@H]2CN(C(=O)CN3CCOCC3)C[C@H]2[C@@H]1c1ccccc1. The summed E-state index contributed by atoms with van der Waals surface area (Å²) in [7, 11) is -3.29. The lowest BCUT2D eigenvalue weighted by atomic mass is 9.90. The van der Waals surface area contributed by atoms with Crippen LogP contribution in [0, 0.1) is 11.8 Å². The van der Waals surface area contributed by atoms with Gasteiger partial charge in [0.05, 0.1) is 32.1 Å². The Labute approximate surface area is 160 Å². The molecule has 1 aromatic rings. The molecule has 1 amide bonds. The van der Waals surface area contributed by atoms with Gasteiger partial charge >= 0.3 is 0 Å². The lowest BCUT2D eigenvalue weighted by Gasteiger charge is -2.30. The summed E-state index contributed by atoms with van der Waals surface area (Å²) in [6, 6.07) is 9.62. The molecule has 0 radical (unpaired) electrons. The number of ether oxygens (including phenoxy) is 1. The zero-order valence-electron chi connectivity index (χ0n) is 15.7. The smallest absolute Gasteiger partial charge is 0.236 e. The Hall–Kier alpha value is -1.48. The number of likely N-dealkylation sites (tertiary alicyclic amines) is 1. The van der Waals surface area contributed by atoms with Gasteiger partial charge in [-0.25, -0.2) is 8.42 Å². The monoisotopic (exact) mass is 393 g/mol. The van der Waals surface area contributed by atoms with Gasteiger partial charge in [-0.3, -0.25) is 9.69 Å². The molecule has 3 atom stereocenters. The van der Waals surface area contributed by atoms with Crippen LogP contribution in [-0.4, -0.2) is 87.2 Å². The second-order valence-corrected chi connectivity index (χ2v) is 9.73. The van der Waals surface area contributed by atoms with Crippen molar-refractivity contribution in [2.45, 2.75) is 6.04 Å². The van der Waals surface area contributed by atoms with Crippen molar-refractivity contribution in [3.8, 4) is 0 Å². The number of carbonyl (C=O) groups is 1. The quantitative estimate of drug-likeness (QED) is 0.741. The molecule has 4 rings (SSSR count). The second-order valence-electron chi connectivity index (χ2n) is 7.80. The molecule has 0 unspecified atom stereocenters. The van der Waals surface area contributed by atoms with E-state index in [1.54, 1.807) is 4.31 Å². The number of fused-ring (bicyclic) bond motifs is 1. The van der Waals surface area contributed by atoms with Crippen LogP contribution in [0.5, 0.6) is 0 Å². The van der Waals surface area contributed by atoms with Crippen LogP contribution < -0.4 is 0 Å². The van der Waals surface area contributed by atoms with Gasteiger partial charge in [-0.15, -0.1) is 0 Å². The first-order valence-corrected chi connectivity index (χ1v) is 11.4. The number of sulfonamides is 1. The van der Waals surface area contributed by atoms with E-state index < -0.39 is 10.0 Å².